The highest BCUT2D eigenvalue weighted by Crippen LogP contribution is 2.23. The summed E-state index contributed by atoms with van der Waals surface area (Å²) < 4.78 is 101. The maximum Gasteiger partial charge on any atom is 0.402 e. The lowest BCUT2D eigenvalue weighted by molar-refractivity contribution is -0.121. The van der Waals surface area contributed by atoms with Gasteiger partial charge in [-0.15, -0.1) is 0 Å². The Morgan fingerprint density at radius 3 is 1.96 bits per heavy atom. The molecule has 0 aromatic heterocycles. The molecule has 0 aliphatic heterocycles. The van der Waals surface area contributed by atoms with Gasteiger partial charge >= 0.3 is 6.18 Å². The molecule has 0 aliphatic carbocycles. The molecule has 0 spiro atoms. The minimum absolute atomic E-state index is 0.0646. The molecule has 0 amide bonds. The fourth-order valence-corrected chi connectivity index (χ4v) is 4.16. The molecular formula is C14H11ClF4N2O4S2. The van der Waals surface area contributed by atoms with Gasteiger partial charge in [0, 0.05) is 5.69 Å². The number of sulfonamides is 2. The van der Waals surface area contributed by atoms with Crippen LogP contribution in [0, 0.1) is 5.82 Å². The number of rotatable bonds is 6. The van der Waals surface area contributed by atoms with Crippen LogP contribution in [-0.4, -0.2) is 29.6 Å². The Hall–Kier alpha value is -1.89. The Labute approximate surface area is 157 Å². The highest BCUT2D eigenvalue weighted by Gasteiger charge is 2.30. The lowest BCUT2D eigenvalue weighted by Gasteiger charge is -2.11. The van der Waals surface area contributed by atoms with E-state index in [2.05, 4.69) is 4.72 Å². The van der Waals surface area contributed by atoms with Crippen LogP contribution in [-0.2, 0) is 20.0 Å². The van der Waals surface area contributed by atoms with Gasteiger partial charge in [-0.25, -0.2) is 25.9 Å². The van der Waals surface area contributed by atoms with Gasteiger partial charge in [0.2, 0.25) is 10.0 Å². The van der Waals surface area contributed by atoms with Crippen LogP contribution in [0.15, 0.2) is 52.3 Å². The first kappa shape index (κ1) is 21.4. The fourth-order valence-electron chi connectivity index (χ4n) is 1.82. The van der Waals surface area contributed by atoms with Crippen molar-refractivity contribution in [3.05, 3.63) is 53.3 Å². The number of hydrogen-bond donors (Lipinski definition) is 2. The van der Waals surface area contributed by atoms with Gasteiger partial charge in [0.25, 0.3) is 10.0 Å². The van der Waals surface area contributed by atoms with Crippen molar-refractivity contribution < 1.29 is 34.4 Å². The van der Waals surface area contributed by atoms with Crippen LogP contribution in [0.1, 0.15) is 0 Å². The SMILES string of the molecule is O=S(=O)(NCC(F)(F)F)c1ccc(NS(=O)(=O)c2ccc(F)c(Cl)c2)cc1. The third kappa shape index (κ3) is 5.79. The first-order valence-electron chi connectivity index (χ1n) is 6.94. The standard InChI is InChI=1S/C14H11ClF4N2O4S2/c15-12-7-11(5-6-13(12)16)27(24,25)21-9-1-3-10(4-2-9)26(22,23)20-8-14(17,18)19/h1-7,20-21H,8H2. The van der Waals surface area contributed by atoms with Gasteiger partial charge in [0.05, 0.1) is 14.8 Å². The molecule has 2 N–H and O–H groups in total. The van der Waals surface area contributed by atoms with Gasteiger partial charge in [-0.2, -0.15) is 13.2 Å². The molecule has 0 atom stereocenters. The van der Waals surface area contributed by atoms with Crippen molar-refractivity contribution in [3.8, 4) is 0 Å². The summed E-state index contributed by atoms with van der Waals surface area (Å²) in [6.07, 6.45) is -4.72. The molecule has 0 unspecified atom stereocenters. The molecule has 2 aromatic carbocycles. The summed E-state index contributed by atoms with van der Waals surface area (Å²) in [6, 6.07) is 6.67. The zero-order valence-corrected chi connectivity index (χ0v) is 15.5. The summed E-state index contributed by atoms with van der Waals surface area (Å²) in [5, 5.41) is -0.407. The second kappa shape index (κ2) is 7.62. The van der Waals surface area contributed by atoms with E-state index in [-0.39, 0.29) is 10.6 Å². The van der Waals surface area contributed by atoms with Gasteiger partial charge in [-0.05, 0) is 42.5 Å². The summed E-state index contributed by atoms with van der Waals surface area (Å²) in [4.78, 5) is -0.822. The smallest absolute Gasteiger partial charge is 0.280 e. The molecule has 0 fully saturated rings. The van der Waals surface area contributed by atoms with E-state index >= 15 is 0 Å². The average molecular weight is 447 g/mol. The van der Waals surface area contributed by atoms with E-state index in [9.17, 15) is 34.4 Å². The third-order valence-electron chi connectivity index (χ3n) is 3.08. The van der Waals surface area contributed by atoms with Gasteiger partial charge in [0.15, 0.2) is 0 Å². The van der Waals surface area contributed by atoms with Crippen LogP contribution in [0.25, 0.3) is 0 Å². The number of benzene rings is 2. The van der Waals surface area contributed by atoms with Crippen molar-refractivity contribution >= 4 is 37.3 Å². The average Bonchev–Trinajstić information content (AvgIpc) is 2.55. The highest BCUT2D eigenvalue weighted by molar-refractivity contribution is 7.92. The van der Waals surface area contributed by atoms with Gasteiger partial charge < -0.3 is 0 Å². The van der Waals surface area contributed by atoms with Crippen molar-refractivity contribution in [3.63, 3.8) is 0 Å². The van der Waals surface area contributed by atoms with Crippen molar-refractivity contribution in [1.82, 2.24) is 4.72 Å². The molecule has 0 saturated heterocycles. The maximum atomic E-state index is 13.1. The third-order valence-corrected chi connectivity index (χ3v) is 6.17. The molecule has 6 nitrogen and oxygen atoms in total. The molecule has 0 radical (unpaired) electrons. The van der Waals surface area contributed by atoms with Crippen LogP contribution >= 0.6 is 11.6 Å². The van der Waals surface area contributed by atoms with Gasteiger partial charge in [0.1, 0.15) is 12.4 Å². The van der Waals surface area contributed by atoms with Crippen LogP contribution in [0.4, 0.5) is 23.2 Å². The minimum Gasteiger partial charge on any atom is -0.280 e. The second-order valence-corrected chi connectivity index (χ2v) is 9.00. The molecule has 2 rings (SSSR count). The number of alkyl halides is 3. The molecule has 0 bridgehead atoms. The molecule has 0 aliphatic rings. The first-order valence-corrected chi connectivity index (χ1v) is 10.3. The fraction of sp³-hybridized carbons (Fsp3) is 0.143. The van der Waals surface area contributed by atoms with Crippen LogP contribution in [0.2, 0.25) is 5.02 Å². The Balaban J connectivity index is 2.18. The van der Waals surface area contributed by atoms with Crippen LogP contribution in [0.5, 0.6) is 0 Å². The quantitative estimate of drug-likeness (QED) is 0.667. The summed E-state index contributed by atoms with van der Waals surface area (Å²) in [6.45, 7) is -1.74. The van der Waals surface area contributed by atoms with E-state index in [0.29, 0.717) is 0 Å². The topological polar surface area (TPSA) is 92.3 Å². The predicted octanol–water partition coefficient (Wildman–Crippen LogP) is 3.12. The molecule has 148 valence electrons. The zero-order chi connectivity index (χ0) is 20.5. The van der Waals surface area contributed by atoms with Crippen LogP contribution in [0.3, 0.4) is 0 Å². The Morgan fingerprint density at radius 1 is 0.889 bits per heavy atom. The zero-order valence-electron chi connectivity index (χ0n) is 13.1. The maximum absolute atomic E-state index is 13.1. The lowest BCUT2D eigenvalue weighted by Crippen LogP contribution is -2.33. The number of halogens is 5. The molecule has 27 heavy (non-hydrogen) atoms. The van der Waals surface area contributed by atoms with E-state index in [1.54, 1.807) is 0 Å². The molecule has 0 heterocycles. The first-order chi connectivity index (χ1) is 12.3. The minimum atomic E-state index is -4.72. The van der Waals surface area contributed by atoms with Crippen molar-refractivity contribution in [2.45, 2.75) is 16.0 Å². The molecule has 2 aromatic rings. The lowest BCUT2D eigenvalue weighted by atomic mass is 10.3. The Morgan fingerprint density at radius 2 is 1.44 bits per heavy atom. The van der Waals surface area contributed by atoms with E-state index < -0.39 is 48.5 Å². The molecule has 13 heteroatoms. The summed E-state index contributed by atoms with van der Waals surface area (Å²) in [5.41, 5.74) is -0.0646. The van der Waals surface area contributed by atoms with E-state index in [1.807, 2.05) is 0 Å². The van der Waals surface area contributed by atoms with Crippen molar-refractivity contribution in [1.29, 1.82) is 0 Å². The summed E-state index contributed by atoms with van der Waals surface area (Å²) in [7, 11) is -8.57. The number of anilines is 1. The Kier molecular flexibility index (Phi) is 6.04. The van der Waals surface area contributed by atoms with E-state index in [0.717, 1.165) is 42.5 Å². The number of hydrogen-bond acceptors (Lipinski definition) is 4. The second-order valence-electron chi connectivity index (χ2n) is 5.15. The number of nitrogens with one attached hydrogen (secondary N) is 2. The van der Waals surface area contributed by atoms with E-state index in [1.165, 1.54) is 4.72 Å². The monoisotopic (exact) mass is 446 g/mol. The van der Waals surface area contributed by atoms with Gasteiger partial charge in [-0.1, -0.05) is 11.6 Å². The summed E-state index contributed by atoms with van der Waals surface area (Å²) >= 11 is 5.53. The van der Waals surface area contributed by atoms with Crippen LogP contribution < -0.4 is 9.44 Å². The molecule has 0 saturated carbocycles. The van der Waals surface area contributed by atoms with Crippen molar-refractivity contribution in [2.75, 3.05) is 11.3 Å². The summed E-state index contributed by atoms with van der Waals surface area (Å²) in [5.74, 6) is -0.809. The van der Waals surface area contributed by atoms with E-state index in [4.69, 9.17) is 11.6 Å². The molecular weight excluding hydrogens is 436 g/mol. The largest absolute Gasteiger partial charge is 0.402 e. The normalized spacial score (nSPS) is 12.8. The predicted molar refractivity (Wildman–Crippen MR) is 89.9 cm³/mol. The highest BCUT2D eigenvalue weighted by atomic mass is 35.5. The van der Waals surface area contributed by atoms with Crippen molar-refractivity contribution in [2.24, 2.45) is 0 Å². The van der Waals surface area contributed by atoms with Gasteiger partial charge in [-0.3, -0.25) is 4.72 Å². The Bertz CT molecular complexity index is 1040.